The highest BCUT2D eigenvalue weighted by atomic mass is 16.5. The van der Waals surface area contributed by atoms with Gasteiger partial charge in [-0.05, 0) is 31.2 Å². The number of likely N-dealkylation sites (N-methyl/N-ethyl adjacent to an activating group) is 1. The average Bonchev–Trinajstić information content (AvgIpc) is 2.38. The minimum Gasteiger partial charge on any atom is -0.497 e. The summed E-state index contributed by atoms with van der Waals surface area (Å²) in [6, 6.07) is 6.61. The first-order valence-electron chi connectivity index (χ1n) is 7.02. The zero-order chi connectivity index (χ0) is 13.8. The summed E-state index contributed by atoms with van der Waals surface area (Å²) in [5, 5.41) is 0. The molecule has 0 saturated carbocycles. The van der Waals surface area contributed by atoms with Crippen LogP contribution >= 0.6 is 0 Å². The fourth-order valence-electron chi connectivity index (χ4n) is 2.84. The number of rotatable bonds is 4. The minimum absolute atomic E-state index is 0.627. The van der Waals surface area contributed by atoms with E-state index in [9.17, 15) is 0 Å². The van der Waals surface area contributed by atoms with Gasteiger partial charge < -0.3 is 10.5 Å². The highest BCUT2D eigenvalue weighted by Gasteiger charge is 2.22. The fraction of sp³-hybridized carbons (Fsp3) is 0.600. The molecule has 0 amide bonds. The van der Waals surface area contributed by atoms with Crippen LogP contribution in [-0.4, -0.2) is 49.1 Å². The summed E-state index contributed by atoms with van der Waals surface area (Å²) in [5.74, 6) is 0.843. The van der Waals surface area contributed by atoms with Crippen LogP contribution < -0.4 is 10.5 Å². The van der Waals surface area contributed by atoms with Gasteiger partial charge >= 0.3 is 0 Å². The summed E-state index contributed by atoms with van der Waals surface area (Å²) in [7, 11) is 1.68. The molecule has 1 atom stereocenters. The van der Waals surface area contributed by atoms with Gasteiger partial charge in [0.05, 0.1) is 7.11 Å². The Morgan fingerprint density at radius 2 is 2.11 bits per heavy atom. The number of piperazine rings is 1. The van der Waals surface area contributed by atoms with Crippen LogP contribution in [0.5, 0.6) is 5.75 Å². The number of anilines is 1. The molecule has 0 radical (unpaired) electrons. The quantitative estimate of drug-likeness (QED) is 0.841. The molecule has 1 aliphatic heterocycles. The van der Waals surface area contributed by atoms with E-state index in [4.69, 9.17) is 10.5 Å². The highest BCUT2D eigenvalue weighted by molar-refractivity contribution is 5.47. The summed E-state index contributed by atoms with van der Waals surface area (Å²) >= 11 is 0. The third-order valence-electron chi connectivity index (χ3n) is 3.89. The van der Waals surface area contributed by atoms with Crippen LogP contribution in [0.2, 0.25) is 0 Å². The molecule has 0 aliphatic carbocycles. The predicted molar refractivity (Wildman–Crippen MR) is 79.4 cm³/mol. The average molecular weight is 263 g/mol. The number of nitrogens with two attached hydrogens (primary N) is 1. The van der Waals surface area contributed by atoms with Crippen molar-refractivity contribution < 1.29 is 4.74 Å². The number of benzene rings is 1. The van der Waals surface area contributed by atoms with Crippen LogP contribution in [0.3, 0.4) is 0 Å². The SMILES string of the molecule is CCN1CCN(Cc2cc(N)cc(OC)c2)CC1C. The lowest BCUT2D eigenvalue weighted by atomic mass is 10.1. The summed E-state index contributed by atoms with van der Waals surface area (Å²) in [6.45, 7) is 10.0. The van der Waals surface area contributed by atoms with Crippen LogP contribution in [0.1, 0.15) is 19.4 Å². The van der Waals surface area contributed by atoms with Crippen molar-refractivity contribution in [3.8, 4) is 5.75 Å². The maximum Gasteiger partial charge on any atom is 0.121 e. The van der Waals surface area contributed by atoms with Gasteiger partial charge in [-0.3, -0.25) is 9.80 Å². The molecule has 1 aromatic carbocycles. The van der Waals surface area contributed by atoms with Gasteiger partial charge in [0.2, 0.25) is 0 Å². The molecule has 0 spiro atoms. The van der Waals surface area contributed by atoms with Crippen LogP contribution in [0, 0.1) is 0 Å². The van der Waals surface area contributed by atoms with E-state index in [-0.39, 0.29) is 0 Å². The van der Waals surface area contributed by atoms with E-state index >= 15 is 0 Å². The van der Waals surface area contributed by atoms with E-state index in [0.717, 1.165) is 44.2 Å². The van der Waals surface area contributed by atoms with Crippen molar-refractivity contribution >= 4 is 5.69 Å². The normalized spacial score (nSPS) is 21.5. The van der Waals surface area contributed by atoms with E-state index in [1.807, 2.05) is 12.1 Å². The maximum atomic E-state index is 5.90. The van der Waals surface area contributed by atoms with E-state index in [0.29, 0.717) is 6.04 Å². The molecule has 2 rings (SSSR count). The van der Waals surface area contributed by atoms with Gasteiger partial charge in [0.25, 0.3) is 0 Å². The van der Waals surface area contributed by atoms with Crippen molar-refractivity contribution in [3.63, 3.8) is 0 Å². The summed E-state index contributed by atoms with van der Waals surface area (Å²) in [6.07, 6.45) is 0. The van der Waals surface area contributed by atoms with Gasteiger partial charge in [0, 0.05) is 44.0 Å². The van der Waals surface area contributed by atoms with Crippen LogP contribution in [-0.2, 0) is 6.54 Å². The van der Waals surface area contributed by atoms with Crippen molar-refractivity contribution in [3.05, 3.63) is 23.8 Å². The Balaban J connectivity index is 2.00. The molecule has 1 aliphatic rings. The van der Waals surface area contributed by atoms with Gasteiger partial charge in [-0.2, -0.15) is 0 Å². The molecule has 2 N–H and O–H groups in total. The first kappa shape index (κ1) is 14.2. The monoisotopic (exact) mass is 263 g/mol. The van der Waals surface area contributed by atoms with Crippen LogP contribution in [0.4, 0.5) is 5.69 Å². The number of hydrogen-bond donors (Lipinski definition) is 1. The van der Waals surface area contributed by atoms with E-state index in [2.05, 4.69) is 29.7 Å². The van der Waals surface area contributed by atoms with Crippen molar-refractivity contribution in [1.29, 1.82) is 0 Å². The largest absolute Gasteiger partial charge is 0.497 e. The number of ether oxygens (including phenoxy) is 1. The van der Waals surface area contributed by atoms with Gasteiger partial charge in [-0.15, -0.1) is 0 Å². The molecule has 1 saturated heterocycles. The van der Waals surface area contributed by atoms with E-state index in [1.165, 1.54) is 5.56 Å². The second kappa shape index (κ2) is 6.26. The lowest BCUT2D eigenvalue weighted by Crippen LogP contribution is -2.51. The van der Waals surface area contributed by atoms with E-state index in [1.54, 1.807) is 7.11 Å². The lowest BCUT2D eigenvalue weighted by molar-refractivity contribution is 0.0834. The molecule has 1 heterocycles. The van der Waals surface area contributed by atoms with Crippen molar-refractivity contribution in [2.45, 2.75) is 26.4 Å². The van der Waals surface area contributed by atoms with Gasteiger partial charge in [0.15, 0.2) is 0 Å². The molecule has 1 aromatic rings. The first-order valence-corrected chi connectivity index (χ1v) is 7.02. The van der Waals surface area contributed by atoms with Crippen LogP contribution in [0.15, 0.2) is 18.2 Å². The molecule has 106 valence electrons. The topological polar surface area (TPSA) is 41.7 Å². The minimum atomic E-state index is 0.627. The van der Waals surface area contributed by atoms with Crippen LogP contribution in [0.25, 0.3) is 0 Å². The van der Waals surface area contributed by atoms with Crippen molar-refractivity contribution in [2.75, 3.05) is 39.0 Å². The standard InChI is InChI=1S/C15H25N3O/c1-4-18-6-5-17(10-12(18)2)11-13-7-14(16)9-15(8-13)19-3/h7-9,12H,4-6,10-11,16H2,1-3H3. The van der Waals surface area contributed by atoms with Gasteiger partial charge in [-0.25, -0.2) is 0 Å². The predicted octanol–water partition coefficient (Wildman–Crippen LogP) is 1.80. The maximum absolute atomic E-state index is 5.90. The molecule has 4 heteroatoms. The molecule has 0 bridgehead atoms. The Bertz CT molecular complexity index is 422. The molecule has 1 fully saturated rings. The number of nitrogen functional groups attached to an aromatic ring is 1. The van der Waals surface area contributed by atoms with Crippen molar-refractivity contribution in [2.24, 2.45) is 0 Å². The molecular weight excluding hydrogens is 238 g/mol. The number of nitrogens with zero attached hydrogens (tertiary/aromatic N) is 2. The first-order chi connectivity index (χ1) is 9.12. The summed E-state index contributed by atoms with van der Waals surface area (Å²) < 4.78 is 5.27. The smallest absolute Gasteiger partial charge is 0.121 e. The third-order valence-corrected chi connectivity index (χ3v) is 3.89. The zero-order valence-corrected chi connectivity index (χ0v) is 12.2. The van der Waals surface area contributed by atoms with E-state index < -0.39 is 0 Å². The zero-order valence-electron chi connectivity index (χ0n) is 12.2. The molecule has 0 aromatic heterocycles. The Morgan fingerprint density at radius 1 is 1.32 bits per heavy atom. The number of hydrogen-bond acceptors (Lipinski definition) is 4. The molecular formula is C15H25N3O. The second-order valence-corrected chi connectivity index (χ2v) is 5.33. The Morgan fingerprint density at radius 3 is 2.74 bits per heavy atom. The Kier molecular flexibility index (Phi) is 4.66. The molecule has 4 nitrogen and oxygen atoms in total. The summed E-state index contributed by atoms with van der Waals surface area (Å²) in [5.41, 5.74) is 7.91. The highest BCUT2D eigenvalue weighted by Crippen LogP contribution is 2.21. The summed E-state index contributed by atoms with van der Waals surface area (Å²) in [4.78, 5) is 5.02. The number of methoxy groups -OCH3 is 1. The van der Waals surface area contributed by atoms with Crippen molar-refractivity contribution in [1.82, 2.24) is 9.80 Å². The third kappa shape index (κ3) is 3.61. The molecule has 1 unspecified atom stereocenters. The fourth-order valence-corrected chi connectivity index (χ4v) is 2.84. The van der Waals surface area contributed by atoms with Gasteiger partial charge in [0.1, 0.15) is 5.75 Å². The lowest BCUT2D eigenvalue weighted by Gasteiger charge is -2.39. The Hall–Kier alpha value is -1.26. The second-order valence-electron chi connectivity index (χ2n) is 5.33. The molecule has 19 heavy (non-hydrogen) atoms. The van der Waals surface area contributed by atoms with Gasteiger partial charge in [-0.1, -0.05) is 6.92 Å². The Labute approximate surface area is 116 Å².